The maximum Gasteiger partial charge on any atom is 0.472 e. The van der Waals surface area contributed by atoms with Crippen molar-refractivity contribution in [3.05, 3.63) is 38.0 Å². The molecule has 7 unspecified atom stereocenters. The Bertz CT molecular complexity index is 3860. The highest BCUT2D eigenvalue weighted by atomic mass is 32.7. The number of aliphatic hydroxyl groups is 2. The Morgan fingerprint density at radius 2 is 1.13 bits per heavy atom. The van der Waals surface area contributed by atoms with Crippen LogP contribution in [-0.2, 0) is 97.6 Å². The first-order valence-electron chi connectivity index (χ1n) is 32.4. The second kappa shape index (κ2) is 35.1. The van der Waals surface area contributed by atoms with Gasteiger partial charge in [-0.3, -0.25) is 41.1 Å². The number of nitrogens with zero attached hydrogens (tertiary/aromatic N) is 12. The number of rotatable bonds is 42. The second-order valence-corrected chi connectivity index (χ2v) is 35.0. The molecule has 4 aliphatic heterocycles. The van der Waals surface area contributed by atoms with Crippen molar-refractivity contribution >= 4 is 120 Å². The summed E-state index contributed by atoms with van der Waals surface area (Å²) in [4.78, 5) is 96.6. The van der Waals surface area contributed by atoms with E-state index in [2.05, 4.69) is 51.8 Å². The van der Waals surface area contributed by atoms with Crippen molar-refractivity contribution in [1.82, 2.24) is 58.6 Å². The number of aliphatic hydroxyl groups excluding tert-OH is 2. The highest BCUT2D eigenvalue weighted by Crippen LogP contribution is 2.62. The number of unbranched alkanes of at least 4 members (excludes halogenated alkanes) is 14. The van der Waals surface area contributed by atoms with Gasteiger partial charge < -0.3 is 84.5 Å². The van der Waals surface area contributed by atoms with E-state index in [1.807, 2.05) is 0 Å². The lowest BCUT2D eigenvalue weighted by Crippen LogP contribution is -2.52. The van der Waals surface area contributed by atoms with Gasteiger partial charge in [-0.05, 0) is 41.4 Å². The van der Waals surface area contributed by atoms with Crippen LogP contribution in [0.15, 0.2) is 38.0 Å². The van der Waals surface area contributed by atoms with Gasteiger partial charge in [0.25, 0.3) is 0 Å². The summed E-state index contributed by atoms with van der Waals surface area (Å²) >= 11 is 11.8. The van der Waals surface area contributed by atoms with Gasteiger partial charge in [-0.25, -0.2) is 54.0 Å². The molecule has 4 saturated heterocycles. The van der Waals surface area contributed by atoms with E-state index in [-0.39, 0.29) is 82.8 Å². The lowest BCUT2D eigenvalue weighted by Gasteiger charge is -2.39. The number of carbonyl (C=O) groups is 1. The number of imidazole rings is 3. The Hall–Kier alpha value is -4.09. The molecule has 0 amide bonds. The Morgan fingerprint density at radius 1 is 0.636 bits per heavy atom. The van der Waals surface area contributed by atoms with Crippen LogP contribution in [0.4, 0.5) is 17.5 Å². The molecule has 6 aromatic rings. The van der Waals surface area contributed by atoms with Crippen molar-refractivity contribution < 1.29 is 104 Å². The number of esters is 1. The number of nitrogens with two attached hydrogens (primary N) is 3. The molecule has 4 fully saturated rings. The number of hydrogen-bond acceptors (Lipinski definition) is 33. The van der Waals surface area contributed by atoms with Gasteiger partial charge in [0.05, 0.1) is 58.6 Å². The van der Waals surface area contributed by atoms with Crippen molar-refractivity contribution in [2.24, 2.45) is 0 Å². The first kappa shape index (κ1) is 77.5. The van der Waals surface area contributed by atoms with Gasteiger partial charge in [0.15, 0.2) is 53.1 Å². The summed E-state index contributed by atoms with van der Waals surface area (Å²) in [5.74, 6) is -0.528. The minimum atomic E-state index is -4.76. The zero-order chi connectivity index (χ0) is 70.5. The number of anilines is 3. The van der Waals surface area contributed by atoms with Gasteiger partial charge >= 0.3 is 34.0 Å². The molecule has 0 aliphatic carbocycles. The molecular formula is C55H85N15O22P4S3. The highest BCUT2D eigenvalue weighted by molar-refractivity contribution is 8.54. The average molecular weight is 1530 g/mol. The summed E-state index contributed by atoms with van der Waals surface area (Å²) < 4.78 is 108. The largest absolute Gasteiger partial charge is 0.472 e. The van der Waals surface area contributed by atoms with Gasteiger partial charge in [-0.1, -0.05) is 96.8 Å². The second-order valence-electron chi connectivity index (χ2n) is 23.9. The first-order chi connectivity index (χ1) is 47.5. The van der Waals surface area contributed by atoms with E-state index in [1.54, 1.807) is 0 Å². The molecule has 37 nitrogen and oxygen atoms in total. The Balaban J connectivity index is 0.801. The third kappa shape index (κ3) is 19.7. The number of fused-ring (bicyclic) bond motifs is 5. The van der Waals surface area contributed by atoms with Crippen LogP contribution in [-0.4, -0.2) is 208 Å². The van der Waals surface area contributed by atoms with Crippen LogP contribution >= 0.6 is 39.4 Å². The molecule has 16 atom stereocenters. The molecule has 99 heavy (non-hydrogen) atoms. The number of carbonyl (C=O) groups excluding carboxylic acids is 1. The highest BCUT2D eigenvalue weighted by Gasteiger charge is 2.63. The molecule has 44 heteroatoms. The third-order valence-corrected chi connectivity index (χ3v) is 24.1. The van der Waals surface area contributed by atoms with Gasteiger partial charge in [0.2, 0.25) is 0 Å². The Kier molecular flexibility index (Phi) is 27.5. The fourth-order valence-corrected chi connectivity index (χ4v) is 18.2. The molecule has 0 aromatic carbocycles. The van der Waals surface area contributed by atoms with E-state index in [0.717, 1.165) is 31.9 Å². The molecule has 12 N–H and O–H groups in total. The van der Waals surface area contributed by atoms with E-state index < -0.39 is 140 Å². The number of phosphoric ester groups is 1. The molecule has 10 heterocycles. The quantitative estimate of drug-likeness (QED) is 0.0123. The summed E-state index contributed by atoms with van der Waals surface area (Å²) in [7, 11) is -3.51. The number of aromatic nitrogens is 12. The maximum atomic E-state index is 14.2. The van der Waals surface area contributed by atoms with Crippen LogP contribution in [0.25, 0.3) is 33.5 Å². The van der Waals surface area contributed by atoms with Crippen molar-refractivity contribution in [2.45, 2.75) is 189 Å². The predicted octanol–water partition coefficient (Wildman–Crippen LogP) is 5.87. The predicted molar refractivity (Wildman–Crippen MR) is 362 cm³/mol. The third-order valence-electron chi connectivity index (χ3n) is 17.1. The first-order valence-corrected chi connectivity index (χ1v) is 42.3. The number of ether oxygens (including phenoxy) is 6. The monoisotopic (exact) mass is 1530 g/mol. The Morgan fingerprint density at radius 3 is 1.68 bits per heavy atom. The average Bonchev–Trinajstić information content (AvgIpc) is 1.59. The van der Waals surface area contributed by atoms with Crippen LogP contribution in [0.2, 0.25) is 0 Å². The summed E-state index contributed by atoms with van der Waals surface area (Å²) in [5, 5.41) is 21.4. The molecule has 2 bridgehead atoms. The van der Waals surface area contributed by atoms with Crippen molar-refractivity contribution in [1.29, 1.82) is 0 Å². The van der Waals surface area contributed by atoms with Gasteiger partial charge in [0.1, 0.15) is 96.6 Å². The van der Waals surface area contributed by atoms with E-state index in [1.165, 1.54) is 117 Å². The maximum absolute atomic E-state index is 14.2. The van der Waals surface area contributed by atoms with Gasteiger partial charge in [0, 0.05) is 25.7 Å². The fourth-order valence-electron chi connectivity index (χ4n) is 12.2. The lowest BCUT2D eigenvalue weighted by atomic mass is 9.90. The lowest BCUT2D eigenvalue weighted by molar-refractivity contribution is -0.143. The van der Waals surface area contributed by atoms with Crippen molar-refractivity contribution in [3.63, 3.8) is 0 Å². The van der Waals surface area contributed by atoms with Crippen LogP contribution in [0.1, 0.15) is 135 Å². The number of methoxy groups -OCH3 is 1. The molecule has 10 rings (SSSR count). The zero-order valence-electron chi connectivity index (χ0n) is 54.3. The van der Waals surface area contributed by atoms with E-state index in [9.17, 15) is 43.7 Å². The smallest absolute Gasteiger partial charge is 0.465 e. The molecule has 0 saturated carbocycles. The molecular weight excluding hydrogens is 1440 g/mol. The molecule has 550 valence electrons. The van der Waals surface area contributed by atoms with Crippen LogP contribution in [0.3, 0.4) is 0 Å². The van der Waals surface area contributed by atoms with Crippen molar-refractivity contribution in [3.8, 4) is 0 Å². The molecule has 4 aliphatic rings. The standard InChI is InChI=1S/C55H85N15O22P4S3/c1-3-4-5-6-7-8-9-10-11-12-13-14-15-16-17-18-36(72)81-23-24-99-94(76,77)92-45-44-54(70-33-67-39-48(58)61-30-64-51(39)70)89-55(45,19-21-82-44)27-86-96(79,98)90-42-40(73)34(87-52(42)68-31-65-37-46(56)59-28-62-49(37)68)25-85-95(78,97)91-43-41(80-2)35(26-84-93(74,75)83-22-20-71)88-53(43)69-32-66-38-47(57)60-29-63-50(38)69/h28-35,40-45,52-54,71,73H,3-27H2,1-2H3,(H,74,75)(H,76,77)(H,78,97)(H,79,98)(H2,56,59,62)(H2,57,60,63)(H2,58,61,64)/t34-,35-,40?,41?,42+,43+,44+,45?,52-,53-,54-,55-,95?,96?/m1/s1. The Labute approximate surface area is 582 Å². The summed E-state index contributed by atoms with van der Waals surface area (Å²) in [6.07, 6.45) is 9.62. The SMILES string of the molecule is CCCCCCCCCCCCCCCCCC(=O)OCCSP(=O)(O)OC1[C@@H]2OCC[C@]1(COP(O)(=S)O[C@H]1C(O)[C@@H](COP(O)(=S)O[C@H]3C(OC)[C@@H](COP(=O)(O)OCCO)O[C@H]3n3cnc4c(N)ncnc43)O[C@H]1n1cnc3c(N)ncnc31)O[C@H]2n1cnc2c(N)ncnc21. The fraction of sp³-hybridized carbons (Fsp3) is 0.709. The minimum absolute atomic E-state index is 0.00269. The minimum Gasteiger partial charge on any atom is -0.465 e. The molecule has 0 radical (unpaired) electrons. The van der Waals surface area contributed by atoms with Gasteiger partial charge in [-0.2, -0.15) is 0 Å². The topological polar surface area (TPSA) is 501 Å². The van der Waals surface area contributed by atoms with E-state index in [4.69, 9.17) is 101 Å². The molecule has 6 aromatic heterocycles. The number of hydrogen-bond donors (Lipinski definition) is 9. The van der Waals surface area contributed by atoms with Crippen LogP contribution in [0, 0.1) is 0 Å². The summed E-state index contributed by atoms with van der Waals surface area (Å²) in [6.45, 7) is -15.2. The zero-order valence-corrected chi connectivity index (χ0v) is 60.3. The molecule has 0 spiro atoms. The normalized spacial score (nSPS) is 27.2. The number of phosphoric acid groups is 1. The summed E-state index contributed by atoms with van der Waals surface area (Å²) in [5.41, 5.74) is 17.5. The van der Waals surface area contributed by atoms with Crippen LogP contribution < -0.4 is 17.2 Å². The van der Waals surface area contributed by atoms with Gasteiger partial charge in [-0.15, -0.1) is 0 Å². The van der Waals surface area contributed by atoms with E-state index in [0.29, 0.717) is 17.8 Å². The van der Waals surface area contributed by atoms with Crippen LogP contribution in [0.5, 0.6) is 0 Å². The van der Waals surface area contributed by atoms with E-state index >= 15 is 0 Å². The van der Waals surface area contributed by atoms with Crippen molar-refractivity contribution in [2.75, 3.05) is 76.3 Å². The number of nitrogen functional groups attached to an aromatic ring is 3. The summed E-state index contributed by atoms with van der Waals surface area (Å²) in [6, 6.07) is 0.